The quantitative estimate of drug-likeness (QED) is 0.747. The van der Waals surface area contributed by atoms with Crippen LogP contribution in [0.2, 0.25) is 0 Å². The number of benzene rings is 1. The lowest BCUT2D eigenvalue weighted by Crippen LogP contribution is -1.85. The fourth-order valence-electron chi connectivity index (χ4n) is 1.19. The third-order valence-electron chi connectivity index (χ3n) is 1.94. The highest BCUT2D eigenvalue weighted by atomic mass is 16.3. The summed E-state index contributed by atoms with van der Waals surface area (Å²) in [7, 11) is 0. The molecule has 14 heavy (non-hydrogen) atoms. The van der Waals surface area contributed by atoms with Crippen LogP contribution in [-0.2, 0) is 0 Å². The highest BCUT2D eigenvalue weighted by Crippen LogP contribution is 2.24. The molecule has 0 fully saturated rings. The lowest BCUT2D eigenvalue weighted by molar-refractivity contribution is 0.471. The number of hydrogen-bond donors (Lipinski definition) is 1. The van der Waals surface area contributed by atoms with E-state index < -0.39 is 0 Å². The van der Waals surface area contributed by atoms with Gasteiger partial charge in [-0.05, 0) is 29.7 Å². The van der Waals surface area contributed by atoms with E-state index in [0.29, 0.717) is 5.75 Å². The fourth-order valence-corrected chi connectivity index (χ4v) is 1.19. The third kappa shape index (κ3) is 2.49. The molecule has 0 aliphatic heterocycles. The van der Waals surface area contributed by atoms with Gasteiger partial charge in [0.2, 0.25) is 0 Å². The van der Waals surface area contributed by atoms with E-state index in [1.54, 1.807) is 18.2 Å². The summed E-state index contributed by atoms with van der Waals surface area (Å²) in [6.45, 7) is 13.2. The smallest absolute Gasteiger partial charge is 0.119 e. The lowest BCUT2D eigenvalue weighted by Gasteiger charge is -2.06. The van der Waals surface area contributed by atoms with Gasteiger partial charge >= 0.3 is 0 Å². The molecule has 0 atom stereocenters. The molecule has 0 aromatic heterocycles. The van der Waals surface area contributed by atoms with Crippen molar-refractivity contribution in [3.8, 4) is 5.75 Å². The zero-order valence-electron chi connectivity index (χ0n) is 9.17. The average molecular weight is 190 g/mol. The minimum Gasteiger partial charge on any atom is -0.508 e. The summed E-state index contributed by atoms with van der Waals surface area (Å²) in [5.74, 6) is 0.301. The summed E-state index contributed by atoms with van der Waals surface area (Å²) in [4.78, 5) is 0. The van der Waals surface area contributed by atoms with Crippen molar-refractivity contribution in [1.29, 1.82) is 0 Å². The standard InChI is InChI=1S/C11H12O.C2H6/c1-4-9-6-7-11(12)8(3)10(9)5-2;1-2/h4-7,12H,1-2H2,3H3;1-2H3. The maximum atomic E-state index is 9.37. The molecule has 0 spiro atoms. The summed E-state index contributed by atoms with van der Waals surface area (Å²) < 4.78 is 0. The summed E-state index contributed by atoms with van der Waals surface area (Å²) >= 11 is 0. The second-order valence-electron chi connectivity index (χ2n) is 2.62. The van der Waals surface area contributed by atoms with Gasteiger partial charge in [-0.2, -0.15) is 0 Å². The number of phenolic OH excluding ortho intramolecular Hbond substituents is 1. The Hall–Kier alpha value is -1.50. The van der Waals surface area contributed by atoms with E-state index in [2.05, 4.69) is 13.2 Å². The van der Waals surface area contributed by atoms with Crippen LogP contribution >= 0.6 is 0 Å². The molecule has 1 nitrogen and oxygen atoms in total. The molecular weight excluding hydrogens is 172 g/mol. The van der Waals surface area contributed by atoms with Gasteiger partial charge in [0.1, 0.15) is 5.75 Å². The van der Waals surface area contributed by atoms with Crippen molar-refractivity contribution in [2.45, 2.75) is 20.8 Å². The summed E-state index contributed by atoms with van der Waals surface area (Å²) in [5, 5.41) is 9.37. The monoisotopic (exact) mass is 190 g/mol. The van der Waals surface area contributed by atoms with Crippen molar-refractivity contribution < 1.29 is 5.11 Å². The Bertz CT molecular complexity index is 324. The predicted octanol–water partition coefficient (Wildman–Crippen LogP) is 4.01. The minimum absolute atomic E-state index is 0.301. The number of phenols is 1. The zero-order chi connectivity index (χ0) is 11.1. The van der Waals surface area contributed by atoms with E-state index in [-0.39, 0.29) is 0 Å². The van der Waals surface area contributed by atoms with Crippen molar-refractivity contribution in [2.75, 3.05) is 0 Å². The molecule has 0 amide bonds. The van der Waals surface area contributed by atoms with Crippen LogP contribution < -0.4 is 0 Å². The number of hydrogen-bond acceptors (Lipinski definition) is 1. The molecule has 0 saturated heterocycles. The molecular formula is C13H18O. The zero-order valence-corrected chi connectivity index (χ0v) is 9.17. The Morgan fingerprint density at radius 1 is 1.14 bits per heavy atom. The maximum absolute atomic E-state index is 9.37. The van der Waals surface area contributed by atoms with Gasteiger partial charge in [-0.3, -0.25) is 0 Å². The van der Waals surface area contributed by atoms with E-state index in [0.717, 1.165) is 16.7 Å². The Labute approximate surface area is 86.4 Å². The first kappa shape index (κ1) is 12.5. The third-order valence-corrected chi connectivity index (χ3v) is 1.94. The molecule has 0 heterocycles. The molecule has 0 saturated carbocycles. The SMILES string of the molecule is C=Cc1ccc(O)c(C)c1C=C.CC. The minimum atomic E-state index is 0.301. The Balaban J connectivity index is 0.000000791. The molecule has 0 bridgehead atoms. The highest BCUT2D eigenvalue weighted by Gasteiger charge is 2.03. The van der Waals surface area contributed by atoms with Gasteiger partial charge in [0.15, 0.2) is 0 Å². The molecule has 1 aromatic rings. The Kier molecular flexibility index (Phi) is 5.38. The molecule has 76 valence electrons. The van der Waals surface area contributed by atoms with Gasteiger partial charge < -0.3 is 5.11 Å². The van der Waals surface area contributed by atoms with Crippen molar-refractivity contribution in [2.24, 2.45) is 0 Å². The molecule has 1 rings (SSSR count). The van der Waals surface area contributed by atoms with Crippen LogP contribution in [0.15, 0.2) is 25.3 Å². The normalized spacial score (nSPS) is 8.50. The highest BCUT2D eigenvalue weighted by molar-refractivity contribution is 5.68. The van der Waals surface area contributed by atoms with Gasteiger partial charge in [-0.15, -0.1) is 0 Å². The van der Waals surface area contributed by atoms with E-state index >= 15 is 0 Å². The first-order valence-corrected chi connectivity index (χ1v) is 4.78. The van der Waals surface area contributed by atoms with E-state index in [1.165, 1.54) is 0 Å². The topological polar surface area (TPSA) is 20.2 Å². The van der Waals surface area contributed by atoms with Crippen molar-refractivity contribution in [1.82, 2.24) is 0 Å². The fraction of sp³-hybridized carbons (Fsp3) is 0.231. The lowest BCUT2D eigenvalue weighted by atomic mass is 10.0. The van der Waals surface area contributed by atoms with Crippen LogP contribution in [0.3, 0.4) is 0 Å². The summed E-state index contributed by atoms with van der Waals surface area (Å²) in [5.41, 5.74) is 2.80. The molecule has 1 aromatic carbocycles. The van der Waals surface area contributed by atoms with Crippen LogP contribution in [0.5, 0.6) is 5.75 Å². The molecule has 1 N–H and O–H groups in total. The first-order chi connectivity index (χ1) is 6.70. The van der Waals surface area contributed by atoms with Gasteiger partial charge in [-0.25, -0.2) is 0 Å². The van der Waals surface area contributed by atoms with Crippen LogP contribution in [0.25, 0.3) is 12.2 Å². The van der Waals surface area contributed by atoms with Crippen molar-refractivity contribution >= 4 is 12.2 Å². The van der Waals surface area contributed by atoms with Gasteiger partial charge in [0.25, 0.3) is 0 Å². The van der Waals surface area contributed by atoms with Crippen LogP contribution in [-0.4, -0.2) is 5.11 Å². The maximum Gasteiger partial charge on any atom is 0.119 e. The second kappa shape index (κ2) is 6.03. The van der Waals surface area contributed by atoms with Gasteiger partial charge in [0.05, 0.1) is 0 Å². The summed E-state index contributed by atoms with van der Waals surface area (Å²) in [6, 6.07) is 3.49. The molecule has 0 aliphatic carbocycles. The van der Waals surface area contributed by atoms with E-state index in [4.69, 9.17) is 0 Å². The average Bonchev–Trinajstić information content (AvgIpc) is 2.24. The first-order valence-electron chi connectivity index (χ1n) is 4.78. The Morgan fingerprint density at radius 3 is 2.14 bits per heavy atom. The van der Waals surface area contributed by atoms with Crippen LogP contribution in [0, 0.1) is 6.92 Å². The van der Waals surface area contributed by atoms with Gasteiger partial charge in [0, 0.05) is 0 Å². The summed E-state index contributed by atoms with van der Waals surface area (Å²) in [6.07, 6.45) is 3.48. The molecule has 0 radical (unpaired) electrons. The van der Waals surface area contributed by atoms with Crippen molar-refractivity contribution in [3.05, 3.63) is 42.0 Å². The Morgan fingerprint density at radius 2 is 1.71 bits per heavy atom. The molecule has 0 unspecified atom stereocenters. The van der Waals surface area contributed by atoms with E-state index in [1.807, 2.05) is 26.8 Å². The number of aromatic hydroxyl groups is 1. The van der Waals surface area contributed by atoms with Crippen molar-refractivity contribution in [3.63, 3.8) is 0 Å². The predicted molar refractivity (Wildman–Crippen MR) is 64.4 cm³/mol. The molecule has 0 aliphatic rings. The van der Waals surface area contributed by atoms with Crippen LogP contribution in [0.4, 0.5) is 0 Å². The number of rotatable bonds is 2. The van der Waals surface area contributed by atoms with Crippen LogP contribution in [0.1, 0.15) is 30.5 Å². The van der Waals surface area contributed by atoms with E-state index in [9.17, 15) is 5.11 Å². The largest absolute Gasteiger partial charge is 0.508 e. The van der Waals surface area contributed by atoms with Gasteiger partial charge in [-0.1, -0.05) is 45.2 Å². The second-order valence-corrected chi connectivity index (χ2v) is 2.62. The molecule has 1 heteroatoms.